The maximum absolute atomic E-state index is 2.53. The number of thiophene rings is 1. The Kier molecular flexibility index (Phi) is 8.34. The van der Waals surface area contributed by atoms with Crippen molar-refractivity contribution in [1.29, 1.82) is 0 Å². The van der Waals surface area contributed by atoms with Gasteiger partial charge in [-0.05, 0) is 129 Å². The van der Waals surface area contributed by atoms with Crippen molar-refractivity contribution >= 4 is 65.6 Å². The summed E-state index contributed by atoms with van der Waals surface area (Å²) >= 11 is 1.86. The van der Waals surface area contributed by atoms with Crippen LogP contribution >= 0.6 is 11.3 Å². The van der Waals surface area contributed by atoms with Crippen LogP contribution in [0.5, 0.6) is 0 Å². The molecule has 0 amide bonds. The molecule has 1 unspecified atom stereocenters. The molecule has 0 aliphatic heterocycles. The van der Waals surface area contributed by atoms with Gasteiger partial charge in [-0.1, -0.05) is 164 Å². The minimum Gasteiger partial charge on any atom is -0.310 e. The van der Waals surface area contributed by atoms with Gasteiger partial charge in [0.05, 0.1) is 11.1 Å². The number of hydrogen-bond donors (Lipinski definition) is 0. The lowest BCUT2D eigenvalue weighted by Crippen LogP contribution is -2.26. The topological polar surface area (TPSA) is 6.48 Å². The van der Waals surface area contributed by atoms with E-state index >= 15 is 0 Å². The maximum atomic E-state index is 2.53. The number of hydrogen-bond acceptors (Lipinski definition) is 3. The van der Waals surface area contributed by atoms with Crippen molar-refractivity contribution in [2.45, 2.75) is 5.41 Å². The molecule has 300 valence electrons. The third kappa shape index (κ3) is 5.44. The zero-order valence-electron chi connectivity index (χ0n) is 34.9. The fourth-order valence-electron chi connectivity index (χ4n) is 10.8. The SMILES string of the molecule is c1ccc(-c2cc3c(cc2N(c2ccccc2)c2ccccc2)C2(c4ccccc4-c4ccc(N(c5ccccc5)c5ccc6c(c5)sc5ccccc56)cc42)c2ccccc2-3)cc1. The molecule has 13 rings (SSSR count). The van der Waals surface area contributed by atoms with E-state index < -0.39 is 5.41 Å². The van der Waals surface area contributed by atoms with Crippen LogP contribution in [0.2, 0.25) is 0 Å². The standard InChI is InChI=1S/C61H40N2S/c1-5-19-41(20-6-1)52-39-53-48-28-14-17-31-55(48)61(57(53)40-58(52)63(43-23-9-3-10-24-43)44-25-11-4-12-26-44)54-30-16-13-27-47(54)49-35-33-45(37-56(49)61)62(42-21-7-2-8-22-42)46-34-36-51-50-29-15-18-32-59(50)64-60(51)38-46/h1-40H. The van der Waals surface area contributed by atoms with Crippen LogP contribution in [0, 0.1) is 0 Å². The Morgan fingerprint density at radius 2 is 0.766 bits per heavy atom. The lowest BCUT2D eigenvalue weighted by molar-refractivity contribution is 0.793. The highest BCUT2D eigenvalue weighted by molar-refractivity contribution is 7.25. The van der Waals surface area contributed by atoms with Crippen LogP contribution in [0.25, 0.3) is 53.6 Å². The van der Waals surface area contributed by atoms with Gasteiger partial charge in [0, 0.05) is 54.2 Å². The molecule has 2 nitrogen and oxygen atoms in total. The lowest BCUT2D eigenvalue weighted by atomic mass is 9.70. The van der Waals surface area contributed by atoms with Gasteiger partial charge in [0.25, 0.3) is 0 Å². The Morgan fingerprint density at radius 1 is 0.281 bits per heavy atom. The van der Waals surface area contributed by atoms with Crippen molar-refractivity contribution < 1.29 is 0 Å². The summed E-state index contributed by atoms with van der Waals surface area (Å²) in [5.74, 6) is 0. The molecule has 0 N–H and O–H groups in total. The van der Waals surface area contributed by atoms with Crippen molar-refractivity contribution in [1.82, 2.24) is 0 Å². The Morgan fingerprint density at radius 3 is 1.44 bits per heavy atom. The average molecular weight is 833 g/mol. The molecule has 1 atom stereocenters. The van der Waals surface area contributed by atoms with Crippen molar-refractivity contribution in [3.05, 3.63) is 265 Å². The number of para-hydroxylation sites is 3. The number of anilines is 6. The van der Waals surface area contributed by atoms with Gasteiger partial charge in [0.15, 0.2) is 0 Å². The van der Waals surface area contributed by atoms with Crippen molar-refractivity contribution in [3.63, 3.8) is 0 Å². The zero-order chi connectivity index (χ0) is 42.2. The molecule has 3 heteroatoms. The molecule has 1 aromatic heterocycles. The van der Waals surface area contributed by atoms with E-state index in [9.17, 15) is 0 Å². The van der Waals surface area contributed by atoms with Gasteiger partial charge >= 0.3 is 0 Å². The molecule has 0 fully saturated rings. The maximum Gasteiger partial charge on any atom is 0.0727 e. The van der Waals surface area contributed by atoms with Crippen LogP contribution in [-0.4, -0.2) is 0 Å². The van der Waals surface area contributed by atoms with Gasteiger partial charge in [0.2, 0.25) is 0 Å². The second kappa shape index (κ2) is 14.6. The van der Waals surface area contributed by atoms with Gasteiger partial charge in [-0.15, -0.1) is 11.3 Å². The molecule has 64 heavy (non-hydrogen) atoms. The van der Waals surface area contributed by atoms with Crippen LogP contribution in [0.3, 0.4) is 0 Å². The summed E-state index contributed by atoms with van der Waals surface area (Å²) in [5.41, 5.74) is 18.8. The highest BCUT2D eigenvalue weighted by atomic mass is 32.1. The fourth-order valence-corrected chi connectivity index (χ4v) is 11.9. The first kappa shape index (κ1) is 36.7. The largest absolute Gasteiger partial charge is 0.310 e. The molecule has 0 saturated heterocycles. The minimum atomic E-state index is -0.589. The highest BCUT2D eigenvalue weighted by Crippen LogP contribution is 2.65. The Labute approximate surface area is 377 Å². The minimum absolute atomic E-state index is 0.589. The third-order valence-electron chi connectivity index (χ3n) is 13.4. The first-order valence-electron chi connectivity index (χ1n) is 22.0. The van der Waals surface area contributed by atoms with Crippen molar-refractivity contribution in [2.75, 3.05) is 9.80 Å². The van der Waals surface area contributed by atoms with Gasteiger partial charge in [-0.25, -0.2) is 0 Å². The van der Waals surface area contributed by atoms with Gasteiger partial charge in [-0.2, -0.15) is 0 Å². The summed E-state index contributed by atoms with van der Waals surface area (Å²) in [6.07, 6.45) is 0. The highest BCUT2D eigenvalue weighted by Gasteiger charge is 2.52. The van der Waals surface area contributed by atoms with Crippen molar-refractivity contribution in [3.8, 4) is 33.4 Å². The number of rotatable bonds is 7. The zero-order valence-corrected chi connectivity index (χ0v) is 35.7. The second-order valence-corrected chi connectivity index (χ2v) is 17.9. The summed E-state index contributed by atoms with van der Waals surface area (Å²) < 4.78 is 2.59. The molecule has 1 spiro atoms. The first-order chi connectivity index (χ1) is 31.8. The van der Waals surface area contributed by atoms with Crippen LogP contribution in [0.1, 0.15) is 22.3 Å². The molecule has 2 aliphatic rings. The predicted octanol–water partition coefficient (Wildman–Crippen LogP) is 17.0. The number of nitrogens with zero attached hydrogens (tertiary/aromatic N) is 2. The molecule has 11 aromatic rings. The summed E-state index contributed by atoms with van der Waals surface area (Å²) in [7, 11) is 0. The van der Waals surface area contributed by atoms with Crippen molar-refractivity contribution in [2.24, 2.45) is 0 Å². The first-order valence-corrected chi connectivity index (χ1v) is 22.8. The predicted molar refractivity (Wildman–Crippen MR) is 270 cm³/mol. The molecule has 10 aromatic carbocycles. The summed E-state index contributed by atoms with van der Waals surface area (Å²) in [6.45, 7) is 0. The monoisotopic (exact) mass is 832 g/mol. The Hall–Kier alpha value is -7.98. The van der Waals surface area contributed by atoms with Gasteiger partial charge < -0.3 is 9.80 Å². The molecule has 0 bridgehead atoms. The smallest absolute Gasteiger partial charge is 0.0727 e. The Bertz CT molecular complexity index is 3520. The van der Waals surface area contributed by atoms with E-state index in [0.717, 1.165) is 34.1 Å². The van der Waals surface area contributed by atoms with Gasteiger partial charge in [-0.3, -0.25) is 0 Å². The summed E-state index contributed by atoms with van der Waals surface area (Å²) in [5, 5.41) is 2.61. The van der Waals surface area contributed by atoms with E-state index in [2.05, 4.69) is 252 Å². The molecule has 1 heterocycles. The Balaban J connectivity index is 1.10. The molecular formula is C61H40N2S. The molecule has 2 aliphatic carbocycles. The van der Waals surface area contributed by atoms with E-state index in [4.69, 9.17) is 0 Å². The number of benzene rings is 10. The van der Waals surface area contributed by atoms with Crippen LogP contribution in [0.4, 0.5) is 34.1 Å². The van der Waals surface area contributed by atoms with Gasteiger partial charge in [0.1, 0.15) is 0 Å². The fraction of sp³-hybridized carbons (Fsp3) is 0.0164. The van der Waals surface area contributed by atoms with Crippen LogP contribution in [-0.2, 0) is 5.41 Å². The average Bonchev–Trinajstić information content (AvgIpc) is 3.98. The third-order valence-corrected chi connectivity index (χ3v) is 14.6. The van der Waals surface area contributed by atoms with E-state index in [1.807, 2.05) is 11.3 Å². The van der Waals surface area contributed by atoms with Crippen LogP contribution < -0.4 is 9.80 Å². The molecule has 0 radical (unpaired) electrons. The number of fused-ring (bicyclic) bond motifs is 13. The summed E-state index contributed by atoms with van der Waals surface area (Å²) in [6, 6.07) is 89.6. The lowest BCUT2D eigenvalue weighted by Gasteiger charge is -2.34. The van der Waals surface area contributed by atoms with Crippen LogP contribution in [0.15, 0.2) is 243 Å². The van der Waals surface area contributed by atoms with E-state index in [0.29, 0.717) is 0 Å². The second-order valence-electron chi connectivity index (χ2n) is 16.8. The summed E-state index contributed by atoms with van der Waals surface area (Å²) in [4.78, 5) is 4.89. The normalized spacial score (nSPS) is 14.3. The quantitative estimate of drug-likeness (QED) is 0.158. The molecule has 0 saturated carbocycles. The van der Waals surface area contributed by atoms with E-state index in [1.165, 1.54) is 75.8 Å². The molecular weight excluding hydrogens is 793 g/mol. The van der Waals surface area contributed by atoms with E-state index in [1.54, 1.807) is 0 Å². The van der Waals surface area contributed by atoms with E-state index in [-0.39, 0.29) is 0 Å².